The van der Waals surface area contributed by atoms with Crippen LogP contribution in [-0.2, 0) is 30.5 Å². The Kier molecular flexibility index (Phi) is 6.85. The topological polar surface area (TPSA) is 81.3 Å². The van der Waals surface area contributed by atoms with Gasteiger partial charge in [0.25, 0.3) is 0 Å². The molecule has 29 heavy (non-hydrogen) atoms. The van der Waals surface area contributed by atoms with Gasteiger partial charge in [-0.05, 0) is 69.7 Å². The first-order valence-electron chi connectivity index (χ1n) is 10.4. The van der Waals surface area contributed by atoms with Gasteiger partial charge in [0.1, 0.15) is 5.60 Å². The number of ether oxygens (including phenoxy) is 1. The number of aromatic nitrogens is 2. The smallest absolute Gasteiger partial charge is 0.410 e. The van der Waals surface area contributed by atoms with Crippen LogP contribution in [0.5, 0.6) is 0 Å². The van der Waals surface area contributed by atoms with Gasteiger partial charge in [-0.2, -0.15) is 0 Å². The second kappa shape index (κ2) is 9.35. The summed E-state index contributed by atoms with van der Waals surface area (Å²) >= 11 is 0. The molecule has 4 rings (SSSR count). The maximum atomic E-state index is 12.2. The highest BCUT2D eigenvalue weighted by atomic mass is 16.6. The molecular weight excluding hydrogens is 364 g/mol. The van der Waals surface area contributed by atoms with Crippen LogP contribution in [-0.4, -0.2) is 39.1 Å². The molecule has 1 aliphatic carbocycles. The molecule has 0 aromatic carbocycles. The molecule has 1 aliphatic heterocycles. The highest BCUT2D eigenvalue weighted by molar-refractivity contribution is 5.69. The van der Waals surface area contributed by atoms with Crippen LogP contribution < -0.4 is 5.73 Å². The van der Waals surface area contributed by atoms with E-state index in [4.69, 9.17) is 10.5 Å². The van der Waals surface area contributed by atoms with Crippen molar-refractivity contribution in [3.63, 3.8) is 0 Å². The van der Waals surface area contributed by atoms with Crippen molar-refractivity contribution in [3.8, 4) is 0 Å². The van der Waals surface area contributed by atoms with Crippen LogP contribution in [0.1, 0.15) is 56.1 Å². The first kappa shape index (κ1) is 21.2. The standard InChI is InChI=1S/C14H21N3O2.C9H11N/c1-14(2,3)19-13(18)17-9-10-5-4-6-16-12(10)7-11(17)8-15;1-2-6-9-8(4-1)5-3-7-10-9/h4-6,11H,7-9,15H2,1-3H3;3,5,7H,1-2,4,6H2. The Morgan fingerprint density at radius 3 is 2.41 bits per heavy atom. The van der Waals surface area contributed by atoms with E-state index in [1.165, 1.54) is 36.9 Å². The summed E-state index contributed by atoms with van der Waals surface area (Å²) in [4.78, 5) is 22.6. The predicted octanol–water partition coefficient (Wildman–Crippen LogP) is 3.66. The summed E-state index contributed by atoms with van der Waals surface area (Å²) < 4.78 is 5.44. The monoisotopic (exact) mass is 396 g/mol. The fourth-order valence-corrected chi connectivity index (χ4v) is 3.72. The molecule has 0 saturated heterocycles. The van der Waals surface area contributed by atoms with Crippen LogP contribution in [0.2, 0.25) is 0 Å². The van der Waals surface area contributed by atoms with Gasteiger partial charge in [0, 0.05) is 36.7 Å². The fourth-order valence-electron chi connectivity index (χ4n) is 3.72. The van der Waals surface area contributed by atoms with Crippen LogP contribution in [0.3, 0.4) is 0 Å². The SMILES string of the molecule is CC(C)(C)OC(=O)N1Cc2cccnc2CC1CN.c1cnc2c(c1)CCCC2. The molecule has 0 bridgehead atoms. The average molecular weight is 397 g/mol. The van der Waals surface area contributed by atoms with Crippen LogP contribution in [0, 0.1) is 0 Å². The molecule has 156 valence electrons. The molecule has 2 aromatic heterocycles. The summed E-state index contributed by atoms with van der Waals surface area (Å²) in [6.45, 7) is 6.51. The summed E-state index contributed by atoms with van der Waals surface area (Å²) in [6.07, 6.45) is 9.14. The van der Waals surface area contributed by atoms with Crippen LogP contribution in [0.25, 0.3) is 0 Å². The van der Waals surface area contributed by atoms with Gasteiger partial charge in [-0.3, -0.25) is 14.9 Å². The average Bonchev–Trinajstić information content (AvgIpc) is 2.72. The number of fused-ring (bicyclic) bond motifs is 2. The summed E-state index contributed by atoms with van der Waals surface area (Å²) in [6, 6.07) is 8.06. The molecule has 2 N–H and O–H groups in total. The summed E-state index contributed by atoms with van der Waals surface area (Å²) in [5.41, 5.74) is 10.2. The zero-order chi connectivity index (χ0) is 20.9. The zero-order valence-electron chi connectivity index (χ0n) is 17.7. The first-order valence-corrected chi connectivity index (χ1v) is 10.4. The maximum Gasteiger partial charge on any atom is 0.410 e. The molecule has 0 spiro atoms. The Bertz CT molecular complexity index is 807. The van der Waals surface area contributed by atoms with Crippen molar-refractivity contribution < 1.29 is 9.53 Å². The van der Waals surface area contributed by atoms with Gasteiger partial charge in [0.05, 0.1) is 12.6 Å². The molecule has 6 nitrogen and oxygen atoms in total. The molecular formula is C23H32N4O2. The van der Waals surface area contributed by atoms with Crippen molar-refractivity contribution in [1.82, 2.24) is 14.9 Å². The Morgan fingerprint density at radius 1 is 1.10 bits per heavy atom. The van der Waals surface area contributed by atoms with E-state index in [0.717, 1.165) is 11.3 Å². The maximum absolute atomic E-state index is 12.2. The Hall–Kier alpha value is -2.47. The minimum absolute atomic E-state index is 0.0442. The molecule has 0 fully saturated rings. The molecule has 0 radical (unpaired) electrons. The van der Waals surface area contributed by atoms with E-state index in [0.29, 0.717) is 19.5 Å². The number of pyridine rings is 2. The van der Waals surface area contributed by atoms with Crippen molar-refractivity contribution >= 4 is 6.09 Å². The van der Waals surface area contributed by atoms with Crippen molar-refractivity contribution in [2.75, 3.05) is 6.54 Å². The van der Waals surface area contributed by atoms with Gasteiger partial charge in [0.2, 0.25) is 0 Å². The van der Waals surface area contributed by atoms with Crippen molar-refractivity contribution in [1.29, 1.82) is 0 Å². The first-order chi connectivity index (χ1) is 13.9. The Balaban J connectivity index is 0.000000200. The fraction of sp³-hybridized carbons (Fsp3) is 0.522. The van der Waals surface area contributed by atoms with E-state index >= 15 is 0 Å². The lowest BCUT2D eigenvalue weighted by atomic mass is 9.96. The van der Waals surface area contributed by atoms with Gasteiger partial charge < -0.3 is 10.5 Å². The quantitative estimate of drug-likeness (QED) is 0.795. The van der Waals surface area contributed by atoms with Crippen LogP contribution in [0.4, 0.5) is 4.79 Å². The summed E-state index contributed by atoms with van der Waals surface area (Å²) in [5.74, 6) is 0. The second-order valence-electron chi connectivity index (χ2n) is 8.63. The molecule has 2 aromatic rings. The lowest BCUT2D eigenvalue weighted by molar-refractivity contribution is 0.0126. The molecule has 2 aliphatic rings. The molecule has 1 amide bonds. The number of hydrogen-bond acceptors (Lipinski definition) is 5. The number of nitrogens with two attached hydrogens (primary N) is 1. The number of carbonyl (C=O) groups is 1. The minimum atomic E-state index is -0.495. The molecule has 3 heterocycles. The van der Waals surface area contributed by atoms with Gasteiger partial charge in [-0.15, -0.1) is 0 Å². The Labute approximate surface area is 173 Å². The summed E-state index contributed by atoms with van der Waals surface area (Å²) in [7, 11) is 0. The lowest BCUT2D eigenvalue weighted by Gasteiger charge is -2.36. The highest BCUT2D eigenvalue weighted by Crippen LogP contribution is 2.23. The molecule has 1 atom stereocenters. The second-order valence-corrected chi connectivity index (χ2v) is 8.63. The highest BCUT2D eigenvalue weighted by Gasteiger charge is 2.32. The summed E-state index contributed by atoms with van der Waals surface area (Å²) in [5, 5.41) is 0. The van der Waals surface area contributed by atoms with Crippen molar-refractivity contribution in [2.24, 2.45) is 5.73 Å². The lowest BCUT2D eigenvalue weighted by Crippen LogP contribution is -2.49. The van der Waals surface area contributed by atoms with E-state index in [1.54, 1.807) is 11.1 Å². The number of amides is 1. The molecule has 0 saturated carbocycles. The third-order valence-corrected chi connectivity index (χ3v) is 5.19. The van der Waals surface area contributed by atoms with E-state index in [1.807, 2.05) is 45.2 Å². The van der Waals surface area contributed by atoms with E-state index < -0.39 is 5.60 Å². The van der Waals surface area contributed by atoms with Gasteiger partial charge >= 0.3 is 6.09 Å². The third kappa shape index (κ3) is 5.76. The number of carbonyl (C=O) groups excluding carboxylic acids is 1. The van der Waals surface area contributed by atoms with E-state index in [2.05, 4.69) is 16.0 Å². The van der Waals surface area contributed by atoms with Crippen LogP contribution in [0.15, 0.2) is 36.7 Å². The van der Waals surface area contributed by atoms with Gasteiger partial charge in [-0.1, -0.05) is 12.1 Å². The molecule has 1 unspecified atom stereocenters. The number of aryl methyl sites for hydroxylation is 2. The number of nitrogens with zero attached hydrogens (tertiary/aromatic N) is 3. The predicted molar refractivity (Wildman–Crippen MR) is 113 cm³/mol. The Morgan fingerprint density at radius 2 is 1.76 bits per heavy atom. The number of hydrogen-bond donors (Lipinski definition) is 1. The van der Waals surface area contributed by atoms with Crippen molar-refractivity contribution in [2.45, 2.75) is 71.1 Å². The zero-order valence-corrected chi connectivity index (χ0v) is 17.7. The molecule has 6 heteroatoms. The van der Waals surface area contributed by atoms with Crippen LogP contribution >= 0.6 is 0 Å². The third-order valence-electron chi connectivity index (χ3n) is 5.19. The van der Waals surface area contributed by atoms with Crippen molar-refractivity contribution in [3.05, 3.63) is 59.2 Å². The van der Waals surface area contributed by atoms with Gasteiger partial charge in [-0.25, -0.2) is 4.79 Å². The van der Waals surface area contributed by atoms with Gasteiger partial charge in [0.15, 0.2) is 0 Å². The normalized spacial score (nSPS) is 18.1. The van der Waals surface area contributed by atoms with E-state index in [-0.39, 0.29) is 12.1 Å². The minimum Gasteiger partial charge on any atom is -0.444 e. The van der Waals surface area contributed by atoms with E-state index in [9.17, 15) is 4.79 Å². The number of rotatable bonds is 1. The largest absolute Gasteiger partial charge is 0.444 e.